The van der Waals surface area contributed by atoms with Crippen molar-refractivity contribution in [2.24, 2.45) is 0 Å². The summed E-state index contributed by atoms with van der Waals surface area (Å²) in [4.78, 5) is 16.0. The molecular weight excluding hydrogens is 276 g/mol. The zero-order valence-corrected chi connectivity index (χ0v) is 13.8. The zero-order valence-electron chi connectivity index (χ0n) is 13.8. The number of aryl methyl sites for hydroxylation is 1. The Kier molecular flexibility index (Phi) is 4.39. The molecule has 0 saturated carbocycles. The van der Waals surface area contributed by atoms with E-state index in [-0.39, 0.29) is 12.0 Å². The minimum atomic E-state index is 0.201. The summed E-state index contributed by atoms with van der Waals surface area (Å²) < 4.78 is 6.09. The molecule has 2 aliphatic rings. The minimum absolute atomic E-state index is 0.201. The summed E-state index contributed by atoms with van der Waals surface area (Å²) in [6.45, 7) is 9.61. The highest BCUT2D eigenvalue weighted by Gasteiger charge is 2.29. The molecule has 22 heavy (non-hydrogen) atoms. The molecular formula is C18H26N2O2. The number of nitrogens with zero attached hydrogens (tertiary/aromatic N) is 2. The van der Waals surface area contributed by atoms with Gasteiger partial charge in [0.2, 0.25) is 5.91 Å². The number of amides is 1. The molecule has 0 spiro atoms. The first-order chi connectivity index (χ1) is 10.5. The lowest BCUT2D eigenvalue weighted by atomic mass is 10.0. The Morgan fingerprint density at radius 3 is 2.68 bits per heavy atom. The molecule has 0 aliphatic carbocycles. The maximum Gasteiger partial charge on any atom is 0.219 e. The fraction of sp³-hybridized carbons (Fsp3) is 0.611. The number of carbonyl (C=O) groups is 1. The normalized spacial score (nSPS) is 23.6. The second-order valence-electron chi connectivity index (χ2n) is 6.71. The Morgan fingerprint density at radius 1 is 1.27 bits per heavy atom. The first kappa shape index (κ1) is 15.3. The molecule has 1 aromatic carbocycles. The third-order valence-electron chi connectivity index (χ3n) is 4.84. The number of piperidine rings is 1. The largest absolute Gasteiger partial charge is 0.489 e. The average Bonchev–Trinajstić information content (AvgIpc) is 2.65. The zero-order chi connectivity index (χ0) is 15.7. The number of fused-ring (bicyclic) bond motifs is 1. The van der Waals surface area contributed by atoms with Gasteiger partial charge in [-0.3, -0.25) is 9.69 Å². The highest BCUT2D eigenvalue weighted by molar-refractivity contribution is 5.73. The maximum absolute atomic E-state index is 11.5. The summed E-state index contributed by atoms with van der Waals surface area (Å²) in [5, 5.41) is 0. The third-order valence-corrected chi connectivity index (χ3v) is 4.84. The van der Waals surface area contributed by atoms with Gasteiger partial charge in [0.25, 0.3) is 0 Å². The van der Waals surface area contributed by atoms with Crippen molar-refractivity contribution in [2.75, 3.05) is 19.6 Å². The Labute approximate surface area is 133 Å². The van der Waals surface area contributed by atoms with Crippen LogP contribution >= 0.6 is 0 Å². The first-order valence-electron chi connectivity index (χ1n) is 8.28. The molecule has 4 heteroatoms. The lowest BCUT2D eigenvalue weighted by Crippen LogP contribution is -2.47. The van der Waals surface area contributed by atoms with Gasteiger partial charge in [-0.25, -0.2) is 0 Å². The van der Waals surface area contributed by atoms with Crippen LogP contribution in [0.25, 0.3) is 0 Å². The van der Waals surface area contributed by atoms with E-state index in [1.54, 1.807) is 6.92 Å². The third kappa shape index (κ3) is 3.27. The number of rotatable bonds is 1. The highest BCUT2D eigenvalue weighted by atomic mass is 16.5. The number of hydrogen-bond donors (Lipinski definition) is 0. The van der Waals surface area contributed by atoms with E-state index in [4.69, 9.17) is 4.74 Å². The minimum Gasteiger partial charge on any atom is -0.489 e. The van der Waals surface area contributed by atoms with E-state index in [0.29, 0.717) is 6.04 Å². The fourth-order valence-corrected chi connectivity index (χ4v) is 3.64. The van der Waals surface area contributed by atoms with Crippen LogP contribution in [0.3, 0.4) is 0 Å². The van der Waals surface area contributed by atoms with E-state index in [0.717, 1.165) is 44.8 Å². The topological polar surface area (TPSA) is 32.8 Å². The van der Waals surface area contributed by atoms with Crippen LogP contribution in [0.4, 0.5) is 0 Å². The standard InChI is InChI=1S/C18H26N2O2/c1-13-4-5-18-16(10-13)12-20(11-14(2)22-18)17-6-8-19(9-7-17)15(3)21/h4-5,10,14,17H,6-9,11-12H2,1-3H3. The van der Waals surface area contributed by atoms with Crippen LogP contribution in [-0.4, -0.2) is 47.5 Å². The van der Waals surface area contributed by atoms with Crippen LogP contribution in [-0.2, 0) is 11.3 Å². The SMILES string of the molecule is CC(=O)N1CCC(N2Cc3cc(C)ccc3OC(C)C2)CC1. The molecule has 1 aromatic rings. The molecule has 1 fully saturated rings. The number of hydrogen-bond acceptors (Lipinski definition) is 3. The summed E-state index contributed by atoms with van der Waals surface area (Å²) in [5.41, 5.74) is 2.57. The Morgan fingerprint density at radius 2 is 2.00 bits per heavy atom. The van der Waals surface area contributed by atoms with E-state index in [2.05, 4.69) is 36.9 Å². The predicted molar refractivity (Wildman–Crippen MR) is 87.0 cm³/mol. The molecule has 120 valence electrons. The van der Waals surface area contributed by atoms with Crippen LogP contribution in [0.1, 0.15) is 37.8 Å². The van der Waals surface area contributed by atoms with E-state index < -0.39 is 0 Å². The van der Waals surface area contributed by atoms with Gasteiger partial charge < -0.3 is 9.64 Å². The van der Waals surface area contributed by atoms with Crippen molar-refractivity contribution < 1.29 is 9.53 Å². The Balaban J connectivity index is 1.73. The van der Waals surface area contributed by atoms with E-state index in [1.807, 2.05) is 4.90 Å². The average molecular weight is 302 g/mol. The molecule has 4 nitrogen and oxygen atoms in total. The van der Waals surface area contributed by atoms with Crippen molar-refractivity contribution in [3.8, 4) is 5.75 Å². The summed E-state index contributed by atoms with van der Waals surface area (Å²) in [7, 11) is 0. The van der Waals surface area contributed by atoms with Gasteiger partial charge in [0.15, 0.2) is 0 Å². The van der Waals surface area contributed by atoms with E-state index >= 15 is 0 Å². The Hall–Kier alpha value is -1.55. The Bertz CT molecular complexity index is 550. The molecule has 1 saturated heterocycles. The molecule has 2 heterocycles. The number of ether oxygens (including phenoxy) is 1. The second kappa shape index (κ2) is 6.29. The molecule has 1 atom stereocenters. The van der Waals surface area contributed by atoms with Crippen LogP contribution in [0, 0.1) is 6.92 Å². The van der Waals surface area contributed by atoms with Gasteiger partial charge in [-0.05, 0) is 32.8 Å². The van der Waals surface area contributed by atoms with Gasteiger partial charge in [0.1, 0.15) is 11.9 Å². The lowest BCUT2D eigenvalue weighted by Gasteiger charge is -2.38. The monoisotopic (exact) mass is 302 g/mol. The molecule has 2 aliphatic heterocycles. The number of benzene rings is 1. The number of likely N-dealkylation sites (tertiary alicyclic amines) is 1. The van der Waals surface area contributed by atoms with Gasteiger partial charge in [-0.15, -0.1) is 0 Å². The fourth-order valence-electron chi connectivity index (χ4n) is 3.64. The van der Waals surface area contributed by atoms with Gasteiger partial charge >= 0.3 is 0 Å². The van der Waals surface area contributed by atoms with Gasteiger partial charge in [-0.1, -0.05) is 17.7 Å². The summed E-state index contributed by atoms with van der Waals surface area (Å²) in [6, 6.07) is 7.01. The van der Waals surface area contributed by atoms with Crippen LogP contribution in [0.15, 0.2) is 18.2 Å². The van der Waals surface area contributed by atoms with Crippen molar-refractivity contribution >= 4 is 5.91 Å². The van der Waals surface area contributed by atoms with Gasteiger partial charge in [0.05, 0.1) is 0 Å². The van der Waals surface area contributed by atoms with Crippen LogP contribution in [0.2, 0.25) is 0 Å². The first-order valence-corrected chi connectivity index (χ1v) is 8.28. The number of carbonyl (C=O) groups excluding carboxylic acids is 1. The smallest absolute Gasteiger partial charge is 0.219 e. The van der Waals surface area contributed by atoms with Crippen molar-refractivity contribution in [2.45, 2.75) is 52.3 Å². The van der Waals surface area contributed by atoms with Crippen molar-refractivity contribution in [1.29, 1.82) is 0 Å². The summed E-state index contributed by atoms with van der Waals surface area (Å²) in [6.07, 6.45) is 2.33. The highest BCUT2D eigenvalue weighted by Crippen LogP contribution is 2.29. The summed E-state index contributed by atoms with van der Waals surface area (Å²) in [5.74, 6) is 1.23. The van der Waals surface area contributed by atoms with Crippen LogP contribution in [0.5, 0.6) is 5.75 Å². The summed E-state index contributed by atoms with van der Waals surface area (Å²) >= 11 is 0. The molecule has 1 unspecified atom stereocenters. The van der Waals surface area contributed by atoms with Crippen LogP contribution < -0.4 is 4.74 Å². The lowest BCUT2D eigenvalue weighted by molar-refractivity contribution is -0.130. The van der Waals surface area contributed by atoms with Crippen molar-refractivity contribution in [3.05, 3.63) is 29.3 Å². The predicted octanol–water partition coefficient (Wildman–Crippen LogP) is 2.59. The molecule has 3 rings (SSSR count). The molecule has 0 radical (unpaired) electrons. The second-order valence-corrected chi connectivity index (χ2v) is 6.71. The van der Waals surface area contributed by atoms with Gasteiger partial charge in [-0.2, -0.15) is 0 Å². The van der Waals surface area contributed by atoms with E-state index in [1.165, 1.54) is 11.1 Å². The quantitative estimate of drug-likeness (QED) is 0.799. The molecule has 0 N–H and O–H groups in total. The molecule has 0 bridgehead atoms. The molecule has 0 aromatic heterocycles. The van der Waals surface area contributed by atoms with Gasteiger partial charge in [0, 0.05) is 44.7 Å². The molecule has 1 amide bonds. The van der Waals surface area contributed by atoms with Crippen molar-refractivity contribution in [3.63, 3.8) is 0 Å². The maximum atomic E-state index is 11.5. The van der Waals surface area contributed by atoms with E-state index in [9.17, 15) is 4.79 Å². The van der Waals surface area contributed by atoms with Crippen molar-refractivity contribution in [1.82, 2.24) is 9.80 Å².